The molecule has 0 aliphatic rings. The highest BCUT2D eigenvalue weighted by molar-refractivity contribution is 5.79. The SMILES string of the molecule is COC(=O)CCC(N=CC(C)(C)C)C(=O)OC. The minimum atomic E-state index is -0.640. The van der Waals surface area contributed by atoms with Gasteiger partial charge in [0.1, 0.15) is 6.04 Å². The van der Waals surface area contributed by atoms with Crippen LogP contribution in [0.3, 0.4) is 0 Å². The lowest BCUT2D eigenvalue weighted by atomic mass is 9.99. The monoisotopic (exact) mass is 243 g/mol. The molecule has 1 atom stereocenters. The van der Waals surface area contributed by atoms with Gasteiger partial charge >= 0.3 is 11.9 Å². The fourth-order valence-electron chi connectivity index (χ4n) is 1.06. The average molecular weight is 243 g/mol. The summed E-state index contributed by atoms with van der Waals surface area (Å²) >= 11 is 0. The van der Waals surface area contributed by atoms with E-state index < -0.39 is 12.0 Å². The molecule has 5 nitrogen and oxygen atoms in total. The van der Waals surface area contributed by atoms with Crippen LogP contribution in [0.2, 0.25) is 0 Å². The molecule has 0 aromatic heterocycles. The van der Waals surface area contributed by atoms with Crippen molar-refractivity contribution in [2.45, 2.75) is 39.7 Å². The molecule has 0 bridgehead atoms. The Labute approximate surface area is 102 Å². The molecule has 0 heterocycles. The van der Waals surface area contributed by atoms with Crippen molar-refractivity contribution in [3.63, 3.8) is 0 Å². The Morgan fingerprint density at radius 1 is 1.24 bits per heavy atom. The Hall–Kier alpha value is -1.39. The summed E-state index contributed by atoms with van der Waals surface area (Å²) < 4.78 is 9.16. The van der Waals surface area contributed by atoms with Gasteiger partial charge in [0.25, 0.3) is 0 Å². The van der Waals surface area contributed by atoms with Gasteiger partial charge in [-0.2, -0.15) is 0 Å². The van der Waals surface area contributed by atoms with E-state index >= 15 is 0 Å². The third-order valence-corrected chi connectivity index (χ3v) is 1.96. The second kappa shape index (κ2) is 7.04. The van der Waals surface area contributed by atoms with E-state index in [0.717, 1.165) is 0 Å². The minimum Gasteiger partial charge on any atom is -0.469 e. The quantitative estimate of drug-likeness (QED) is 0.543. The van der Waals surface area contributed by atoms with Crippen LogP contribution >= 0.6 is 0 Å². The lowest BCUT2D eigenvalue weighted by molar-refractivity contribution is -0.143. The summed E-state index contributed by atoms with van der Waals surface area (Å²) in [7, 11) is 2.62. The second-order valence-electron chi connectivity index (χ2n) is 4.80. The van der Waals surface area contributed by atoms with Gasteiger partial charge in [0.15, 0.2) is 0 Å². The van der Waals surface area contributed by atoms with Crippen LogP contribution in [0.1, 0.15) is 33.6 Å². The van der Waals surface area contributed by atoms with Gasteiger partial charge in [-0.15, -0.1) is 0 Å². The molecule has 0 aromatic rings. The number of ether oxygens (including phenoxy) is 2. The van der Waals surface area contributed by atoms with E-state index in [9.17, 15) is 9.59 Å². The molecule has 0 fully saturated rings. The largest absolute Gasteiger partial charge is 0.469 e. The summed E-state index contributed by atoms with van der Waals surface area (Å²) in [5, 5.41) is 0. The van der Waals surface area contributed by atoms with Crippen molar-refractivity contribution in [2.75, 3.05) is 14.2 Å². The van der Waals surface area contributed by atoms with E-state index in [2.05, 4.69) is 14.5 Å². The highest BCUT2D eigenvalue weighted by atomic mass is 16.5. The van der Waals surface area contributed by atoms with Crippen molar-refractivity contribution in [1.29, 1.82) is 0 Å². The topological polar surface area (TPSA) is 65.0 Å². The number of aliphatic imine (C=N–C) groups is 1. The third-order valence-electron chi connectivity index (χ3n) is 1.96. The van der Waals surface area contributed by atoms with Gasteiger partial charge < -0.3 is 9.47 Å². The number of rotatable bonds is 5. The predicted octanol–water partition coefficient (Wildman–Crippen LogP) is 1.60. The molecule has 0 radical (unpaired) electrons. The minimum absolute atomic E-state index is 0.114. The van der Waals surface area contributed by atoms with E-state index in [4.69, 9.17) is 0 Å². The Balaban J connectivity index is 4.50. The zero-order valence-electron chi connectivity index (χ0n) is 11.1. The van der Waals surface area contributed by atoms with Gasteiger partial charge in [0.05, 0.1) is 14.2 Å². The molecule has 0 saturated carbocycles. The van der Waals surface area contributed by atoms with E-state index in [0.29, 0.717) is 6.42 Å². The summed E-state index contributed by atoms with van der Waals surface area (Å²) in [6, 6.07) is -0.640. The molecule has 0 rings (SSSR count). The van der Waals surface area contributed by atoms with Crippen LogP contribution in [-0.2, 0) is 19.1 Å². The van der Waals surface area contributed by atoms with Gasteiger partial charge in [0, 0.05) is 12.6 Å². The molecular formula is C12H21NO4. The van der Waals surface area contributed by atoms with Gasteiger partial charge in [-0.25, -0.2) is 4.79 Å². The van der Waals surface area contributed by atoms with Crippen molar-refractivity contribution in [1.82, 2.24) is 0 Å². The van der Waals surface area contributed by atoms with Crippen LogP contribution in [0.15, 0.2) is 4.99 Å². The first-order valence-corrected chi connectivity index (χ1v) is 5.49. The van der Waals surface area contributed by atoms with Crippen LogP contribution in [-0.4, -0.2) is 38.4 Å². The Morgan fingerprint density at radius 2 is 1.82 bits per heavy atom. The number of hydrogen-bond acceptors (Lipinski definition) is 5. The molecule has 17 heavy (non-hydrogen) atoms. The van der Waals surface area contributed by atoms with E-state index in [-0.39, 0.29) is 17.8 Å². The lowest BCUT2D eigenvalue weighted by Gasteiger charge is -2.14. The molecule has 1 unspecified atom stereocenters. The lowest BCUT2D eigenvalue weighted by Crippen LogP contribution is -2.23. The van der Waals surface area contributed by atoms with Crippen molar-refractivity contribution in [3.8, 4) is 0 Å². The smallest absolute Gasteiger partial charge is 0.330 e. The Morgan fingerprint density at radius 3 is 2.24 bits per heavy atom. The number of esters is 2. The summed E-state index contributed by atoms with van der Waals surface area (Å²) in [6.45, 7) is 5.93. The van der Waals surface area contributed by atoms with Gasteiger partial charge in [-0.3, -0.25) is 9.79 Å². The maximum Gasteiger partial charge on any atom is 0.330 e. The van der Waals surface area contributed by atoms with E-state index in [1.54, 1.807) is 6.21 Å². The zero-order valence-corrected chi connectivity index (χ0v) is 11.1. The Bertz CT molecular complexity index is 291. The molecule has 5 heteroatoms. The van der Waals surface area contributed by atoms with Crippen molar-refractivity contribution < 1.29 is 19.1 Å². The normalized spacial score (nSPS) is 13.5. The first-order valence-electron chi connectivity index (χ1n) is 5.49. The molecule has 0 spiro atoms. The molecular weight excluding hydrogens is 222 g/mol. The van der Waals surface area contributed by atoms with Gasteiger partial charge in [-0.05, 0) is 11.8 Å². The fraction of sp³-hybridized carbons (Fsp3) is 0.750. The van der Waals surface area contributed by atoms with Crippen molar-refractivity contribution in [2.24, 2.45) is 10.4 Å². The van der Waals surface area contributed by atoms with Crippen LogP contribution in [0.5, 0.6) is 0 Å². The third kappa shape index (κ3) is 7.49. The van der Waals surface area contributed by atoms with Gasteiger partial charge in [-0.1, -0.05) is 20.8 Å². The molecule has 0 aromatic carbocycles. The molecule has 98 valence electrons. The molecule has 0 N–H and O–H groups in total. The average Bonchev–Trinajstić information content (AvgIpc) is 2.26. The maximum atomic E-state index is 11.4. The molecule has 0 aliphatic carbocycles. The zero-order chi connectivity index (χ0) is 13.5. The maximum absolute atomic E-state index is 11.4. The van der Waals surface area contributed by atoms with Crippen LogP contribution in [0, 0.1) is 5.41 Å². The molecule has 0 saturated heterocycles. The number of methoxy groups -OCH3 is 2. The summed E-state index contributed by atoms with van der Waals surface area (Å²) in [6.07, 6.45) is 2.15. The molecule has 0 aliphatic heterocycles. The summed E-state index contributed by atoms with van der Waals surface area (Å²) in [4.78, 5) is 26.6. The standard InChI is InChI=1S/C12H21NO4/c1-12(2,3)8-13-9(11(15)17-5)6-7-10(14)16-4/h8-9H,6-7H2,1-5H3. The predicted molar refractivity (Wildman–Crippen MR) is 65.0 cm³/mol. The highest BCUT2D eigenvalue weighted by Crippen LogP contribution is 2.12. The van der Waals surface area contributed by atoms with E-state index in [1.165, 1.54) is 14.2 Å². The first kappa shape index (κ1) is 15.6. The van der Waals surface area contributed by atoms with Crippen molar-refractivity contribution in [3.05, 3.63) is 0 Å². The molecule has 0 amide bonds. The van der Waals surface area contributed by atoms with Crippen LogP contribution in [0.25, 0.3) is 0 Å². The fourth-order valence-corrected chi connectivity index (χ4v) is 1.06. The number of carbonyl (C=O) groups excluding carboxylic acids is 2. The van der Waals surface area contributed by atoms with Gasteiger partial charge in [0.2, 0.25) is 0 Å². The van der Waals surface area contributed by atoms with Crippen molar-refractivity contribution >= 4 is 18.2 Å². The highest BCUT2D eigenvalue weighted by Gasteiger charge is 2.20. The van der Waals surface area contributed by atoms with Crippen LogP contribution in [0.4, 0.5) is 0 Å². The number of hydrogen-bond donors (Lipinski definition) is 0. The first-order chi connectivity index (χ1) is 7.80. The second-order valence-corrected chi connectivity index (χ2v) is 4.80. The van der Waals surface area contributed by atoms with Crippen LogP contribution < -0.4 is 0 Å². The summed E-state index contributed by atoms with van der Waals surface area (Å²) in [5.74, 6) is -0.792. The number of nitrogens with zero attached hydrogens (tertiary/aromatic N) is 1. The Kier molecular flexibility index (Phi) is 6.46. The van der Waals surface area contributed by atoms with E-state index in [1.807, 2.05) is 20.8 Å². The number of carbonyl (C=O) groups is 2. The summed E-state index contributed by atoms with van der Waals surface area (Å²) in [5.41, 5.74) is -0.114.